The summed E-state index contributed by atoms with van der Waals surface area (Å²) in [5.74, 6) is 0. The van der Waals surface area contributed by atoms with Crippen LogP contribution in [0.25, 0.3) is 0 Å². The van der Waals surface area contributed by atoms with Crippen LogP contribution in [0, 0.1) is 0 Å². The summed E-state index contributed by atoms with van der Waals surface area (Å²) in [5, 5.41) is 14.2. The lowest BCUT2D eigenvalue weighted by Crippen LogP contribution is -2.39. The van der Waals surface area contributed by atoms with E-state index >= 15 is 0 Å². The molecule has 2 aromatic rings. The van der Waals surface area contributed by atoms with Gasteiger partial charge in [-0.15, -0.1) is 0 Å². The van der Waals surface area contributed by atoms with Crippen LogP contribution in [0.15, 0.2) is 54.6 Å². The third-order valence-electron chi connectivity index (χ3n) is 3.57. The van der Waals surface area contributed by atoms with E-state index in [2.05, 4.69) is 5.32 Å². The lowest BCUT2D eigenvalue weighted by atomic mass is 9.99. The molecular weight excluding hydrogens is 284 g/mol. The predicted molar refractivity (Wildman–Crippen MR) is 89.0 cm³/mol. The van der Waals surface area contributed by atoms with E-state index in [4.69, 9.17) is 11.6 Å². The molecular formula is C17H21ClN2O. The van der Waals surface area contributed by atoms with Gasteiger partial charge in [0.05, 0.1) is 22.9 Å². The topological polar surface area (TPSA) is 35.5 Å². The summed E-state index contributed by atoms with van der Waals surface area (Å²) < 4.78 is 0. The molecule has 0 bridgehead atoms. The van der Waals surface area contributed by atoms with Crippen molar-refractivity contribution in [2.45, 2.75) is 12.1 Å². The SMILES string of the molecule is CNC[C@@H](O)[C@H](c1ccccc1)N(C)c1ccccc1Cl. The zero-order valence-electron chi connectivity index (χ0n) is 12.3. The molecule has 3 nitrogen and oxygen atoms in total. The van der Waals surface area contributed by atoms with Crippen LogP contribution in [0.1, 0.15) is 11.6 Å². The highest BCUT2D eigenvalue weighted by Crippen LogP contribution is 2.32. The lowest BCUT2D eigenvalue weighted by Gasteiger charge is -2.34. The van der Waals surface area contributed by atoms with Crippen LogP contribution in [0.2, 0.25) is 5.02 Å². The molecule has 21 heavy (non-hydrogen) atoms. The number of rotatable bonds is 6. The van der Waals surface area contributed by atoms with Crippen molar-refractivity contribution in [3.63, 3.8) is 0 Å². The summed E-state index contributed by atoms with van der Waals surface area (Å²) in [4.78, 5) is 2.03. The maximum Gasteiger partial charge on any atom is 0.0909 e. The van der Waals surface area contributed by atoms with Crippen LogP contribution < -0.4 is 10.2 Å². The summed E-state index contributed by atoms with van der Waals surface area (Å²) in [5.41, 5.74) is 1.96. The number of anilines is 1. The van der Waals surface area contributed by atoms with Crippen molar-refractivity contribution in [1.29, 1.82) is 0 Å². The highest BCUT2D eigenvalue weighted by atomic mass is 35.5. The zero-order valence-corrected chi connectivity index (χ0v) is 13.1. The number of aliphatic hydroxyl groups excluding tert-OH is 1. The average molecular weight is 305 g/mol. The third-order valence-corrected chi connectivity index (χ3v) is 3.89. The number of hydrogen-bond acceptors (Lipinski definition) is 3. The van der Waals surface area contributed by atoms with E-state index in [1.165, 1.54) is 0 Å². The van der Waals surface area contributed by atoms with Gasteiger partial charge in [0.2, 0.25) is 0 Å². The van der Waals surface area contributed by atoms with Gasteiger partial charge in [0.25, 0.3) is 0 Å². The lowest BCUT2D eigenvalue weighted by molar-refractivity contribution is 0.142. The van der Waals surface area contributed by atoms with E-state index in [-0.39, 0.29) is 6.04 Å². The van der Waals surface area contributed by atoms with Gasteiger partial charge in [0, 0.05) is 13.6 Å². The number of benzene rings is 2. The predicted octanol–water partition coefficient (Wildman–Crippen LogP) is 3.10. The summed E-state index contributed by atoms with van der Waals surface area (Å²) >= 11 is 6.29. The van der Waals surface area contributed by atoms with Crippen LogP contribution in [0.5, 0.6) is 0 Å². The normalized spacial score (nSPS) is 13.7. The summed E-state index contributed by atoms with van der Waals surface area (Å²) in [6, 6.07) is 17.5. The van der Waals surface area contributed by atoms with Gasteiger partial charge >= 0.3 is 0 Å². The molecule has 0 saturated heterocycles. The van der Waals surface area contributed by atoms with E-state index in [1.54, 1.807) is 0 Å². The molecule has 2 N–H and O–H groups in total. The Hall–Kier alpha value is -1.55. The fraction of sp³-hybridized carbons (Fsp3) is 0.294. The average Bonchev–Trinajstić information content (AvgIpc) is 2.49. The number of nitrogens with one attached hydrogen (secondary N) is 1. The first-order valence-electron chi connectivity index (χ1n) is 7.00. The van der Waals surface area contributed by atoms with E-state index in [0.29, 0.717) is 11.6 Å². The molecule has 2 aromatic carbocycles. The second kappa shape index (κ2) is 7.46. The minimum Gasteiger partial charge on any atom is -0.389 e. The maximum absolute atomic E-state index is 10.5. The van der Waals surface area contributed by atoms with Gasteiger partial charge in [-0.25, -0.2) is 0 Å². The molecule has 0 unspecified atom stereocenters. The molecule has 0 aliphatic rings. The second-order valence-electron chi connectivity index (χ2n) is 5.04. The molecule has 0 heterocycles. The summed E-state index contributed by atoms with van der Waals surface area (Å²) in [6.45, 7) is 0.508. The van der Waals surface area contributed by atoms with Crippen LogP contribution >= 0.6 is 11.6 Å². The fourth-order valence-corrected chi connectivity index (χ4v) is 2.83. The van der Waals surface area contributed by atoms with Gasteiger partial charge in [-0.2, -0.15) is 0 Å². The van der Waals surface area contributed by atoms with Gasteiger partial charge in [-0.05, 0) is 24.7 Å². The van der Waals surface area contributed by atoms with E-state index in [9.17, 15) is 5.11 Å². The maximum atomic E-state index is 10.5. The second-order valence-corrected chi connectivity index (χ2v) is 5.45. The van der Waals surface area contributed by atoms with Crippen molar-refractivity contribution < 1.29 is 5.11 Å². The Morgan fingerprint density at radius 1 is 1.10 bits per heavy atom. The molecule has 0 aromatic heterocycles. The Balaban J connectivity index is 2.38. The minimum absolute atomic E-state index is 0.168. The number of likely N-dealkylation sites (N-methyl/N-ethyl adjacent to an activating group) is 2. The third kappa shape index (κ3) is 3.76. The van der Waals surface area contributed by atoms with Gasteiger partial charge in [-0.1, -0.05) is 54.1 Å². The minimum atomic E-state index is -0.543. The van der Waals surface area contributed by atoms with Crippen molar-refractivity contribution in [1.82, 2.24) is 5.32 Å². The molecule has 2 rings (SSSR count). The first-order valence-corrected chi connectivity index (χ1v) is 7.38. The Bertz CT molecular complexity index is 562. The molecule has 112 valence electrons. The van der Waals surface area contributed by atoms with E-state index < -0.39 is 6.10 Å². The monoisotopic (exact) mass is 304 g/mol. The fourth-order valence-electron chi connectivity index (χ4n) is 2.56. The molecule has 0 fully saturated rings. The van der Waals surface area contributed by atoms with Crippen molar-refractivity contribution in [3.8, 4) is 0 Å². The quantitative estimate of drug-likeness (QED) is 0.861. The number of para-hydroxylation sites is 1. The number of halogens is 1. The first kappa shape index (κ1) is 15.8. The smallest absolute Gasteiger partial charge is 0.0909 e. The Labute approximate surface area is 131 Å². The number of nitrogens with zero attached hydrogens (tertiary/aromatic N) is 1. The molecule has 0 radical (unpaired) electrons. The molecule has 0 aliphatic carbocycles. The van der Waals surface area contributed by atoms with Crippen molar-refractivity contribution in [2.24, 2.45) is 0 Å². The van der Waals surface area contributed by atoms with Gasteiger partial charge in [-0.3, -0.25) is 0 Å². The highest BCUT2D eigenvalue weighted by Gasteiger charge is 2.26. The van der Waals surface area contributed by atoms with Crippen LogP contribution in [-0.4, -0.2) is 31.9 Å². The van der Waals surface area contributed by atoms with Gasteiger partial charge in [0.1, 0.15) is 0 Å². The highest BCUT2D eigenvalue weighted by molar-refractivity contribution is 6.33. The Morgan fingerprint density at radius 3 is 2.33 bits per heavy atom. The summed E-state index contributed by atoms with van der Waals surface area (Å²) in [7, 11) is 3.79. The van der Waals surface area contributed by atoms with Gasteiger partial charge in [0.15, 0.2) is 0 Å². The first-order chi connectivity index (χ1) is 10.1. The molecule has 0 saturated carbocycles. The van der Waals surface area contributed by atoms with Crippen molar-refractivity contribution >= 4 is 17.3 Å². The zero-order chi connectivity index (χ0) is 15.2. The number of aliphatic hydroxyl groups is 1. The van der Waals surface area contributed by atoms with Crippen LogP contribution in [0.3, 0.4) is 0 Å². The standard InChI is InChI=1S/C17H21ClN2O/c1-19-12-16(21)17(13-8-4-3-5-9-13)20(2)15-11-7-6-10-14(15)18/h3-11,16-17,19,21H,12H2,1-2H3/t16-,17+/m1/s1. The van der Waals surface area contributed by atoms with Crippen molar-refractivity contribution in [3.05, 3.63) is 65.2 Å². The largest absolute Gasteiger partial charge is 0.389 e. The van der Waals surface area contributed by atoms with Crippen molar-refractivity contribution in [2.75, 3.05) is 25.5 Å². The number of hydrogen-bond donors (Lipinski definition) is 2. The Morgan fingerprint density at radius 2 is 1.71 bits per heavy atom. The molecule has 2 atom stereocenters. The van der Waals surface area contributed by atoms with Crippen LogP contribution in [0.4, 0.5) is 5.69 Å². The summed E-state index contributed by atoms with van der Waals surface area (Å²) in [6.07, 6.45) is -0.543. The van der Waals surface area contributed by atoms with E-state index in [0.717, 1.165) is 11.3 Å². The Kier molecular flexibility index (Phi) is 5.62. The van der Waals surface area contributed by atoms with Gasteiger partial charge < -0.3 is 15.3 Å². The molecule has 4 heteroatoms. The van der Waals surface area contributed by atoms with Crippen LogP contribution in [-0.2, 0) is 0 Å². The van der Waals surface area contributed by atoms with E-state index in [1.807, 2.05) is 73.6 Å². The molecule has 0 aliphatic heterocycles. The molecule has 0 amide bonds. The molecule has 0 spiro atoms.